The molecule has 0 aromatic heterocycles. The maximum Gasteiger partial charge on any atom is 0.245 e. The van der Waals surface area contributed by atoms with E-state index in [2.05, 4.69) is 23.7 Å². The van der Waals surface area contributed by atoms with Crippen LogP contribution in [0.15, 0.2) is 114 Å². The Morgan fingerprint density at radius 2 is 1.17 bits per heavy atom. The number of sulfonamides is 1. The predicted octanol–water partition coefficient (Wildman–Crippen LogP) is 6.14. The van der Waals surface area contributed by atoms with Gasteiger partial charge in [0.2, 0.25) is 10.0 Å². The van der Waals surface area contributed by atoms with Gasteiger partial charge < -0.3 is 0 Å². The van der Waals surface area contributed by atoms with Gasteiger partial charge >= 0.3 is 0 Å². The van der Waals surface area contributed by atoms with Gasteiger partial charge in [0.1, 0.15) is 6.04 Å². The third-order valence-corrected chi connectivity index (χ3v) is 7.65. The van der Waals surface area contributed by atoms with E-state index in [1.807, 2.05) is 92.7 Å². The standard InChI is InChI=1S/C32H27NO2S/c1-26-14-12-15-27(2)32(26)31(24-23-29-18-8-4-9-19-29)33(25-13-20-28-16-6-3-7-17-28)36(34,35)30-21-10-5-11-22-30/h3-12,14-19,21-22,31H,25H2,1-2H3. The Hall–Kier alpha value is -4.09. The minimum absolute atomic E-state index is 0.00592. The van der Waals surface area contributed by atoms with E-state index in [9.17, 15) is 8.42 Å². The number of benzene rings is 4. The number of aryl methyl sites for hydroxylation is 2. The molecule has 0 aliphatic carbocycles. The molecule has 1 atom stereocenters. The van der Waals surface area contributed by atoms with Crippen molar-refractivity contribution in [3.63, 3.8) is 0 Å². The normalized spacial score (nSPS) is 11.6. The second kappa shape index (κ2) is 11.6. The highest BCUT2D eigenvalue weighted by molar-refractivity contribution is 7.89. The van der Waals surface area contributed by atoms with E-state index in [-0.39, 0.29) is 11.4 Å². The molecule has 36 heavy (non-hydrogen) atoms. The maximum absolute atomic E-state index is 14.0. The van der Waals surface area contributed by atoms with Crippen molar-refractivity contribution in [2.24, 2.45) is 0 Å². The molecule has 0 radical (unpaired) electrons. The van der Waals surface area contributed by atoms with Crippen molar-refractivity contribution < 1.29 is 8.42 Å². The van der Waals surface area contributed by atoms with Crippen LogP contribution in [0.25, 0.3) is 0 Å². The fourth-order valence-electron chi connectivity index (χ4n) is 4.00. The summed E-state index contributed by atoms with van der Waals surface area (Å²) in [6.45, 7) is 3.97. The van der Waals surface area contributed by atoms with E-state index in [0.29, 0.717) is 0 Å². The minimum Gasteiger partial charge on any atom is -0.207 e. The van der Waals surface area contributed by atoms with Crippen LogP contribution in [0.2, 0.25) is 0 Å². The van der Waals surface area contributed by atoms with E-state index < -0.39 is 16.1 Å². The molecule has 0 aliphatic heterocycles. The molecule has 0 fully saturated rings. The number of rotatable bonds is 5. The molecule has 0 N–H and O–H groups in total. The molecule has 4 aromatic carbocycles. The van der Waals surface area contributed by atoms with E-state index in [1.54, 1.807) is 30.3 Å². The van der Waals surface area contributed by atoms with Crippen molar-refractivity contribution in [2.45, 2.75) is 24.8 Å². The molecule has 0 spiro atoms. The lowest BCUT2D eigenvalue weighted by molar-refractivity contribution is 0.408. The molecule has 178 valence electrons. The predicted molar refractivity (Wildman–Crippen MR) is 146 cm³/mol. The quantitative estimate of drug-likeness (QED) is 0.316. The summed E-state index contributed by atoms with van der Waals surface area (Å²) in [7, 11) is -3.91. The molecular weight excluding hydrogens is 462 g/mol. The molecule has 0 aliphatic rings. The van der Waals surface area contributed by atoms with E-state index in [1.165, 1.54) is 4.31 Å². The van der Waals surface area contributed by atoms with E-state index >= 15 is 0 Å². The Labute approximate surface area is 214 Å². The van der Waals surface area contributed by atoms with Gasteiger partial charge in [-0.05, 0) is 66.9 Å². The van der Waals surface area contributed by atoms with Crippen LogP contribution in [-0.2, 0) is 10.0 Å². The van der Waals surface area contributed by atoms with Crippen molar-refractivity contribution in [1.82, 2.24) is 4.31 Å². The lowest BCUT2D eigenvalue weighted by Gasteiger charge is -2.28. The van der Waals surface area contributed by atoms with Crippen LogP contribution in [0.3, 0.4) is 0 Å². The van der Waals surface area contributed by atoms with Gasteiger partial charge in [0.25, 0.3) is 0 Å². The summed E-state index contributed by atoms with van der Waals surface area (Å²) in [4.78, 5) is 0.212. The van der Waals surface area contributed by atoms with Crippen molar-refractivity contribution in [3.05, 3.63) is 137 Å². The second-order valence-corrected chi connectivity index (χ2v) is 10.3. The Morgan fingerprint density at radius 1 is 0.667 bits per heavy atom. The summed E-state index contributed by atoms with van der Waals surface area (Å²) in [5.74, 6) is 12.7. The molecule has 4 heteroatoms. The Balaban J connectivity index is 1.88. The van der Waals surface area contributed by atoms with Gasteiger partial charge in [-0.3, -0.25) is 0 Å². The minimum atomic E-state index is -3.91. The van der Waals surface area contributed by atoms with Gasteiger partial charge in [-0.25, -0.2) is 8.42 Å². The first kappa shape index (κ1) is 25.0. The van der Waals surface area contributed by atoms with Crippen LogP contribution >= 0.6 is 0 Å². The number of hydrogen-bond donors (Lipinski definition) is 0. The highest BCUT2D eigenvalue weighted by atomic mass is 32.2. The summed E-state index contributed by atoms with van der Waals surface area (Å²) < 4.78 is 29.4. The molecule has 4 rings (SSSR count). The Morgan fingerprint density at radius 3 is 1.72 bits per heavy atom. The summed E-state index contributed by atoms with van der Waals surface area (Å²) in [6, 6.07) is 32.9. The van der Waals surface area contributed by atoms with E-state index in [0.717, 1.165) is 27.8 Å². The van der Waals surface area contributed by atoms with Crippen LogP contribution in [0.4, 0.5) is 0 Å². The van der Waals surface area contributed by atoms with Gasteiger partial charge in [0.05, 0.1) is 11.4 Å². The first-order valence-corrected chi connectivity index (χ1v) is 13.1. The van der Waals surface area contributed by atoms with Crippen LogP contribution in [0.5, 0.6) is 0 Å². The fourth-order valence-corrected chi connectivity index (χ4v) is 5.45. The molecule has 1 unspecified atom stereocenters. The average Bonchev–Trinajstić information content (AvgIpc) is 2.90. The summed E-state index contributed by atoms with van der Waals surface area (Å²) in [5, 5.41) is 0. The SMILES string of the molecule is Cc1cccc(C)c1C(C#Cc1ccccc1)N(CC#Cc1ccccc1)S(=O)(=O)c1ccccc1. The Kier molecular flexibility index (Phi) is 8.03. The van der Waals surface area contributed by atoms with Crippen LogP contribution in [-0.4, -0.2) is 19.3 Å². The number of hydrogen-bond acceptors (Lipinski definition) is 2. The second-order valence-electron chi connectivity index (χ2n) is 8.37. The van der Waals surface area contributed by atoms with E-state index in [4.69, 9.17) is 0 Å². The van der Waals surface area contributed by atoms with Crippen LogP contribution in [0, 0.1) is 37.5 Å². The lowest BCUT2D eigenvalue weighted by Crippen LogP contribution is -2.35. The largest absolute Gasteiger partial charge is 0.245 e. The van der Waals surface area contributed by atoms with Crippen LogP contribution < -0.4 is 0 Å². The van der Waals surface area contributed by atoms with Gasteiger partial charge in [-0.1, -0.05) is 96.5 Å². The van der Waals surface area contributed by atoms with Gasteiger partial charge in [0.15, 0.2) is 0 Å². The topological polar surface area (TPSA) is 37.4 Å². The zero-order valence-corrected chi connectivity index (χ0v) is 21.2. The Bertz CT molecular complexity index is 1520. The zero-order chi connectivity index (χ0) is 25.4. The average molecular weight is 490 g/mol. The molecule has 0 amide bonds. The maximum atomic E-state index is 14.0. The molecule has 3 nitrogen and oxygen atoms in total. The highest BCUT2D eigenvalue weighted by Crippen LogP contribution is 2.31. The van der Waals surface area contributed by atoms with Crippen molar-refractivity contribution >= 4 is 10.0 Å². The third-order valence-electron chi connectivity index (χ3n) is 5.82. The van der Waals surface area contributed by atoms with Gasteiger partial charge in [-0.2, -0.15) is 4.31 Å². The first-order chi connectivity index (χ1) is 17.5. The summed E-state index contributed by atoms with van der Waals surface area (Å²) >= 11 is 0. The first-order valence-electron chi connectivity index (χ1n) is 11.7. The fraction of sp³-hybridized carbons (Fsp3) is 0.125. The van der Waals surface area contributed by atoms with Gasteiger partial charge in [0, 0.05) is 11.1 Å². The molecule has 0 saturated carbocycles. The monoisotopic (exact) mass is 489 g/mol. The number of nitrogens with zero attached hydrogens (tertiary/aromatic N) is 1. The molecular formula is C32H27NO2S. The smallest absolute Gasteiger partial charge is 0.207 e. The lowest BCUT2D eigenvalue weighted by atomic mass is 9.96. The molecule has 0 bridgehead atoms. The van der Waals surface area contributed by atoms with Crippen molar-refractivity contribution in [2.75, 3.05) is 6.54 Å². The van der Waals surface area contributed by atoms with Crippen molar-refractivity contribution in [1.29, 1.82) is 0 Å². The molecule has 0 heterocycles. The summed E-state index contributed by atoms with van der Waals surface area (Å²) in [5.41, 5.74) is 4.48. The summed E-state index contributed by atoms with van der Waals surface area (Å²) in [6.07, 6.45) is 0. The van der Waals surface area contributed by atoms with Crippen molar-refractivity contribution in [3.8, 4) is 23.7 Å². The molecule has 0 saturated heterocycles. The van der Waals surface area contributed by atoms with Gasteiger partial charge in [-0.15, -0.1) is 0 Å². The highest BCUT2D eigenvalue weighted by Gasteiger charge is 2.32. The molecule has 4 aromatic rings. The van der Waals surface area contributed by atoms with Crippen LogP contribution in [0.1, 0.15) is 33.9 Å². The third kappa shape index (κ3) is 5.93. The zero-order valence-electron chi connectivity index (χ0n) is 20.3.